The van der Waals surface area contributed by atoms with E-state index in [2.05, 4.69) is 9.97 Å². The van der Waals surface area contributed by atoms with E-state index in [0.29, 0.717) is 12.0 Å². The predicted octanol–water partition coefficient (Wildman–Crippen LogP) is 1.83. The number of likely N-dealkylation sites (N-methyl/N-ethyl adjacent to an activating group) is 1. The lowest BCUT2D eigenvalue weighted by Crippen LogP contribution is -2.37. The number of nitrogens with one attached hydrogen (secondary N) is 1. The Morgan fingerprint density at radius 3 is 2.56 bits per heavy atom. The number of aryl methyl sites for hydroxylation is 1. The van der Waals surface area contributed by atoms with Crippen LogP contribution >= 0.6 is 0 Å². The molecule has 18 heavy (non-hydrogen) atoms. The highest BCUT2D eigenvalue weighted by atomic mass is 16.6. The van der Waals surface area contributed by atoms with Gasteiger partial charge in [0.05, 0.1) is 12.0 Å². The van der Waals surface area contributed by atoms with E-state index in [0.717, 1.165) is 5.69 Å². The zero-order valence-corrected chi connectivity index (χ0v) is 11.4. The summed E-state index contributed by atoms with van der Waals surface area (Å²) in [5.74, 6) is 0. The second kappa shape index (κ2) is 5.20. The minimum atomic E-state index is -0.744. The Morgan fingerprint density at radius 2 is 2.17 bits per heavy atom. The molecule has 0 aliphatic heterocycles. The number of rotatable bonds is 3. The Morgan fingerprint density at radius 1 is 1.56 bits per heavy atom. The van der Waals surface area contributed by atoms with Gasteiger partial charge in [0, 0.05) is 12.7 Å². The van der Waals surface area contributed by atoms with Gasteiger partial charge in [0.25, 0.3) is 0 Å². The molecule has 1 atom stereocenters. The van der Waals surface area contributed by atoms with Crippen LogP contribution in [0.3, 0.4) is 0 Å². The summed E-state index contributed by atoms with van der Waals surface area (Å²) in [6.45, 7) is 7.11. The van der Waals surface area contributed by atoms with Gasteiger partial charge < -0.3 is 14.5 Å². The molecule has 100 valence electrons. The molecule has 1 N–H and O–H groups in total. The van der Waals surface area contributed by atoms with Crippen molar-refractivity contribution >= 4 is 12.4 Å². The van der Waals surface area contributed by atoms with E-state index in [1.165, 1.54) is 18.3 Å². The summed E-state index contributed by atoms with van der Waals surface area (Å²) in [7, 11) is 1.52. The van der Waals surface area contributed by atoms with Crippen molar-refractivity contribution in [2.75, 3.05) is 7.05 Å². The molecule has 1 heterocycles. The highest BCUT2D eigenvalue weighted by molar-refractivity contribution is 5.74. The quantitative estimate of drug-likeness (QED) is 0.834. The first kappa shape index (κ1) is 14.2. The molecule has 0 saturated carbocycles. The van der Waals surface area contributed by atoms with Crippen molar-refractivity contribution in [3.8, 4) is 0 Å². The highest BCUT2D eigenvalue weighted by Gasteiger charge is 2.28. The highest BCUT2D eigenvalue weighted by Crippen LogP contribution is 2.20. The van der Waals surface area contributed by atoms with Crippen molar-refractivity contribution in [3.05, 3.63) is 17.7 Å². The minimum Gasteiger partial charge on any atom is -0.444 e. The summed E-state index contributed by atoms with van der Waals surface area (Å²) in [4.78, 5) is 31.2. The predicted molar refractivity (Wildman–Crippen MR) is 66.1 cm³/mol. The second-order valence-corrected chi connectivity index (χ2v) is 5.08. The largest absolute Gasteiger partial charge is 0.444 e. The lowest BCUT2D eigenvalue weighted by atomic mass is 10.2. The average molecular weight is 253 g/mol. The molecule has 0 bridgehead atoms. The normalized spacial score (nSPS) is 12.9. The standard InChI is InChI=1S/C12H19N3O3/c1-8-10(14-7-13-8)9(6-16)15(5)11(17)18-12(2,3)4/h6-7,9H,1-5H3,(H,13,14). The van der Waals surface area contributed by atoms with E-state index in [4.69, 9.17) is 4.74 Å². The van der Waals surface area contributed by atoms with Crippen LogP contribution in [0.15, 0.2) is 6.33 Å². The van der Waals surface area contributed by atoms with Gasteiger partial charge in [-0.25, -0.2) is 9.78 Å². The summed E-state index contributed by atoms with van der Waals surface area (Å²) < 4.78 is 5.21. The van der Waals surface area contributed by atoms with E-state index in [1.807, 2.05) is 0 Å². The van der Waals surface area contributed by atoms with Crippen LogP contribution in [0, 0.1) is 6.92 Å². The summed E-state index contributed by atoms with van der Waals surface area (Å²) in [5, 5.41) is 0. The van der Waals surface area contributed by atoms with Gasteiger partial charge in [0.2, 0.25) is 0 Å². The molecule has 0 saturated heterocycles. The van der Waals surface area contributed by atoms with E-state index >= 15 is 0 Å². The molecule has 1 rings (SSSR count). The number of H-pyrrole nitrogens is 1. The number of nitrogens with zero attached hydrogens (tertiary/aromatic N) is 2. The van der Waals surface area contributed by atoms with E-state index < -0.39 is 17.7 Å². The maximum atomic E-state index is 11.9. The van der Waals surface area contributed by atoms with Crippen LogP contribution in [0.25, 0.3) is 0 Å². The molecule has 0 aliphatic rings. The van der Waals surface area contributed by atoms with Crippen molar-refractivity contribution < 1.29 is 14.3 Å². The third-order valence-corrected chi connectivity index (χ3v) is 2.38. The number of aromatic amines is 1. The smallest absolute Gasteiger partial charge is 0.410 e. The molecule has 1 amide bonds. The number of imidazole rings is 1. The van der Waals surface area contributed by atoms with Gasteiger partial charge in [-0.2, -0.15) is 0 Å². The van der Waals surface area contributed by atoms with Gasteiger partial charge in [-0.05, 0) is 27.7 Å². The number of carbonyl (C=O) groups excluding carboxylic acids is 2. The Kier molecular flexibility index (Phi) is 4.11. The van der Waals surface area contributed by atoms with Gasteiger partial charge in [-0.1, -0.05) is 0 Å². The number of ether oxygens (including phenoxy) is 1. The van der Waals surface area contributed by atoms with Crippen LogP contribution in [-0.2, 0) is 9.53 Å². The van der Waals surface area contributed by atoms with Crippen molar-refractivity contribution in [1.29, 1.82) is 0 Å². The van der Waals surface area contributed by atoms with Crippen molar-refractivity contribution in [1.82, 2.24) is 14.9 Å². The number of hydrogen-bond donors (Lipinski definition) is 1. The zero-order valence-electron chi connectivity index (χ0n) is 11.4. The van der Waals surface area contributed by atoms with E-state index in [-0.39, 0.29) is 0 Å². The fourth-order valence-corrected chi connectivity index (χ4v) is 1.45. The Labute approximate surface area is 106 Å². The SMILES string of the molecule is Cc1[nH]cnc1C(C=O)N(C)C(=O)OC(C)(C)C. The van der Waals surface area contributed by atoms with Gasteiger partial charge >= 0.3 is 6.09 Å². The van der Waals surface area contributed by atoms with Gasteiger partial charge in [-0.3, -0.25) is 4.90 Å². The number of amides is 1. The van der Waals surface area contributed by atoms with Gasteiger partial charge in [0.1, 0.15) is 17.9 Å². The third kappa shape index (κ3) is 3.32. The first-order valence-corrected chi connectivity index (χ1v) is 5.67. The molecule has 0 spiro atoms. The molecule has 0 fully saturated rings. The Balaban J connectivity index is 2.87. The topological polar surface area (TPSA) is 75.3 Å². The first-order chi connectivity index (χ1) is 8.26. The van der Waals surface area contributed by atoms with E-state index in [1.54, 1.807) is 27.7 Å². The molecule has 6 heteroatoms. The zero-order chi connectivity index (χ0) is 13.9. The fraction of sp³-hybridized carbons (Fsp3) is 0.583. The van der Waals surface area contributed by atoms with Crippen LogP contribution in [0.5, 0.6) is 0 Å². The lowest BCUT2D eigenvalue weighted by molar-refractivity contribution is -0.112. The van der Waals surface area contributed by atoms with Crippen LogP contribution < -0.4 is 0 Å². The van der Waals surface area contributed by atoms with Crippen LogP contribution in [-0.4, -0.2) is 39.9 Å². The summed E-state index contributed by atoms with van der Waals surface area (Å²) in [6.07, 6.45) is 1.61. The Hall–Kier alpha value is -1.85. The molecule has 0 aliphatic carbocycles. The Bertz CT molecular complexity index is 434. The number of aromatic nitrogens is 2. The molecular weight excluding hydrogens is 234 g/mol. The summed E-state index contributed by atoms with van der Waals surface area (Å²) in [5.41, 5.74) is 0.681. The second-order valence-electron chi connectivity index (χ2n) is 5.08. The van der Waals surface area contributed by atoms with Crippen LogP contribution in [0.2, 0.25) is 0 Å². The maximum Gasteiger partial charge on any atom is 0.410 e. The van der Waals surface area contributed by atoms with Crippen molar-refractivity contribution in [3.63, 3.8) is 0 Å². The minimum absolute atomic E-state index is 0.526. The van der Waals surface area contributed by atoms with E-state index in [9.17, 15) is 9.59 Å². The first-order valence-electron chi connectivity index (χ1n) is 5.67. The average Bonchev–Trinajstić information content (AvgIpc) is 2.63. The molecule has 1 aromatic rings. The van der Waals surface area contributed by atoms with Gasteiger partial charge in [0.15, 0.2) is 0 Å². The maximum absolute atomic E-state index is 11.9. The van der Waals surface area contributed by atoms with Crippen molar-refractivity contribution in [2.45, 2.75) is 39.3 Å². The number of hydrogen-bond acceptors (Lipinski definition) is 4. The molecule has 1 aromatic heterocycles. The monoisotopic (exact) mass is 253 g/mol. The van der Waals surface area contributed by atoms with Crippen molar-refractivity contribution in [2.24, 2.45) is 0 Å². The third-order valence-electron chi connectivity index (χ3n) is 2.38. The molecule has 0 aromatic carbocycles. The fourth-order valence-electron chi connectivity index (χ4n) is 1.45. The summed E-state index contributed by atoms with van der Waals surface area (Å²) in [6, 6.07) is -0.744. The summed E-state index contributed by atoms with van der Waals surface area (Å²) >= 11 is 0. The molecule has 6 nitrogen and oxygen atoms in total. The lowest BCUT2D eigenvalue weighted by Gasteiger charge is -2.27. The number of carbonyl (C=O) groups is 2. The van der Waals surface area contributed by atoms with Crippen LogP contribution in [0.1, 0.15) is 38.2 Å². The van der Waals surface area contributed by atoms with Crippen LogP contribution in [0.4, 0.5) is 4.79 Å². The molecule has 1 unspecified atom stereocenters. The molecule has 0 radical (unpaired) electrons. The molecular formula is C12H19N3O3. The number of aldehydes is 1. The van der Waals surface area contributed by atoms with Gasteiger partial charge in [-0.15, -0.1) is 0 Å².